The van der Waals surface area contributed by atoms with E-state index in [4.69, 9.17) is 0 Å². The molecule has 60 valence electrons. The third-order valence-electron chi connectivity index (χ3n) is 1.41. The van der Waals surface area contributed by atoms with E-state index in [9.17, 15) is 4.79 Å². The second-order valence-electron chi connectivity index (χ2n) is 2.18. The first-order valence-electron chi connectivity index (χ1n) is 3.30. The van der Waals surface area contributed by atoms with Crippen molar-refractivity contribution in [1.29, 1.82) is 0 Å². The van der Waals surface area contributed by atoms with Gasteiger partial charge in [-0.1, -0.05) is 0 Å². The largest absolute Gasteiger partial charge is 0.296 e. The Kier molecular flexibility index (Phi) is 1.71. The molecule has 0 atom stereocenters. The maximum Gasteiger partial charge on any atom is 0.170 e. The lowest BCUT2D eigenvalue weighted by Crippen LogP contribution is -1.88. The first kappa shape index (κ1) is 7.17. The molecular formula is C7H5N3OS. The molecule has 5 heteroatoms. The van der Waals surface area contributed by atoms with Gasteiger partial charge in [-0.25, -0.2) is 4.98 Å². The van der Waals surface area contributed by atoms with Crippen LogP contribution in [0.4, 0.5) is 0 Å². The minimum Gasteiger partial charge on any atom is -0.296 e. The van der Waals surface area contributed by atoms with Gasteiger partial charge in [0.25, 0.3) is 0 Å². The Balaban J connectivity index is 2.41. The van der Waals surface area contributed by atoms with Gasteiger partial charge in [0.15, 0.2) is 12.1 Å². The minimum atomic E-state index is 0.419. The first-order valence-corrected chi connectivity index (χ1v) is 4.14. The Morgan fingerprint density at radius 3 is 3.08 bits per heavy atom. The molecule has 2 aromatic rings. The molecule has 0 amide bonds. The fraction of sp³-hybridized carbons (Fsp3) is 0. The lowest BCUT2D eigenvalue weighted by Gasteiger charge is -1.91. The molecule has 0 aliphatic heterocycles. The topological polar surface area (TPSA) is 47.8 Å². The van der Waals surface area contributed by atoms with Gasteiger partial charge >= 0.3 is 0 Å². The number of carbonyl (C=O) groups excluding carboxylic acids is 1. The van der Waals surface area contributed by atoms with Crippen molar-refractivity contribution in [2.75, 3.05) is 0 Å². The third-order valence-corrected chi connectivity index (χ3v) is 1.96. The van der Waals surface area contributed by atoms with E-state index in [1.54, 1.807) is 17.1 Å². The lowest BCUT2D eigenvalue weighted by atomic mass is 10.5. The zero-order chi connectivity index (χ0) is 8.39. The summed E-state index contributed by atoms with van der Waals surface area (Å²) in [4.78, 5) is 14.1. The number of carbonyl (C=O) groups is 1. The number of rotatable bonds is 2. The van der Waals surface area contributed by atoms with Crippen molar-refractivity contribution in [1.82, 2.24) is 13.9 Å². The van der Waals surface area contributed by atoms with E-state index in [0.29, 0.717) is 12.0 Å². The van der Waals surface area contributed by atoms with Crippen molar-refractivity contribution in [3.63, 3.8) is 0 Å². The molecule has 4 nitrogen and oxygen atoms in total. The van der Waals surface area contributed by atoms with Crippen LogP contribution in [-0.4, -0.2) is 20.2 Å². The number of aldehydes is 1. The Morgan fingerprint density at radius 2 is 2.50 bits per heavy atom. The number of imidazole rings is 1. The molecule has 0 aliphatic carbocycles. The minimum absolute atomic E-state index is 0.419. The molecule has 2 heterocycles. The number of hydrogen-bond donors (Lipinski definition) is 0. The van der Waals surface area contributed by atoms with E-state index in [1.165, 1.54) is 11.5 Å². The maximum atomic E-state index is 10.3. The second-order valence-corrected chi connectivity index (χ2v) is 2.85. The average molecular weight is 179 g/mol. The van der Waals surface area contributed by atoms with Gasteiger partial charge in [0.05, 0.1) is 0 Å². The van der Waals surface area contributed by atoms with Crippen LogP contribution in [0.5, 0.6) is 0 Å². The Labute approximate surface area is 72.7 Å². The van der Waals surface area contributed by atoms with E-state index >= 15 is 0 Å². The predicted molar refractivity (Wildman–Crippen MR) is 44.6 cm³/mol. The molecule has 12 heavy (non-hydrogen) atoms. The molecule has 0 N–H and O–H groups in total. The van der Waals surface area contributed by atoms with Gasteiger partial charge in [0, 0.05) is 11.6 Å². The summed E-state index contributed by atoms with van der Waals surface area (Å²) in [6, 6.07) is 1.86. The van der Waals surface area contributed by atoms with Crippen molar-refractivity contribution in [2.24, 2.45) is 0 Å². The van der Waals surface area contributed by atoms with Crippen molar-refractivity contribution >= 4 is 17.8 Å². The van der Waals surface area contributed by atoms with E-state index in [2.05, 4.69) is 9.36 Å². The second kappa shape index (κ2) is 2.86. The van der Waals surface area contributed by atoms with Crippen molar-refractivity contribution in [2.45, 2.75) is 0 Å². The van der Waals surface area contributed by atoms with E-state index in [1.807, 2.05) is 11.4 Å². The van der Waals surface area contributed by atoms with Gasteiger partial charge in [0.1, 0.15) is 12.0 Å². The zero-order valence-corrected chi connectivity index (χ0v) is 6.86. The quantitative estimate of drug-likeness (QED) is 0.649. The molecule has 0 bridgehead atoms. The van der Waals surface area contributed by atoms with Gasteiger partial charge in [-0.3, -0.25) is 9.36 Å². The van der Waals surface area contributed by atoms with Crippen molar-refractivity contribution < 1.29 is 4.79 Å². The maximum absolute atomic E-state index is 10.3. The number of aromatic nitrogens is 3. The molecule has 2 aromatic heterocycles. The van der Waals surface area contributed by atoms with Gasteiger partial charge in [-0.05, 0) is 17.6 Å². The summed E-state index contributed by atoms with van der Waals surface area (Å²) in [6.07, 6.45) is 3.92. The predicted octanol–water partition coefficient (Wildman–Crippen LogP) is 1.14. The van der Waals surface area contributed by atoms with Crippen molar-refractivity contribution in [3.8, 4) is 5.82 Å². The first-order chi connectivity index (χ1) is 5.90. The summed E-state index contributed by atoms with van der Waals surface area (Å²) in [5, 5.41) is 1.87. The van der Waals surface area contributed by atoms with Gasteiger partial charge in [-0.2, -0.15) is 4.37 Å². The van der Waals surface area contributed by atoms with Crippen LogP contribution in [0.15, 0.2) is 24.0 Å². The van der Waals surface area contributed by atoms with Gasteiger partial charge in [0.2, 0.25) is 0 Å². The highest BCUT2D eigenvalue weighted by atomic mass is 32.1. The fourth-order valence-electron chi connectivity index (χ4n) is 0.864. The summed E-state index contributed by atoms with van der Waals surface area (Å²) < 4.78 is 5.79. The smallest absolute Gasteiger partial charge is 0.170 e. The number of nitrogens with zero attached hydrogens (tertiary/aromatic N) is 3. The molecule has 0 radical (unpaired) electrons. The fourth-order valence-corrected chi connectivity index (χ4v) is 1.37. The van der Waals surface area contributed by atoms with Gasteiger partial charge < -0.3 is 0 Å². The summed E-state index contributed by atoms with van der Waals surface area (Å²) in [5.41, 5.74) is 0.419. The van der Waals surface area contributed by atoms with Crippen LogP contribution in [0.3, 0.4) is 0 Å². The van der Waals surface area contributed by atoms with Crippen LogP contribution in [0.1, 0.15) is 10.5 Å². The van der Waals surface area contributed by atoms with Crippen LogP contribution in [0.2, 0.25) is 0 Å². The van der Waals surface area contributed by atoms with Crippen LogP contribution >= 0.6 is 11.5 Å². The van der Waals surface area contributed by atoms with Crippen LogP contribution in [0.25, 0.3) is 5.82 Å². The van der Waals surface area contributed by atoms with E-state index < -0.39 is 0 Å². The molecule has 0 saturated carbocycles. The molecule has 0 fully saturated rings. The highest BCUT2D eigenvalue weighted by Gasteiger charge is 1.99. The van der Waals surface area contributed by atoms with Crippen LogP contribution < -0.4 is 0 Å². The average Bonchev–Trinajstić information content (AvgIpc) is 2.75. The van der Waals surface area contributed by atoms with Crippen molar-refractivity contribution in [3.05, 3.63) is 29.7 Å². The highest BCUT2D eigenvalue weighted by molar-refractivity contribution is 7.03. The Hall–Kier alpha value is -1.49. The Bertz CT molecular complexity index is 379. The van der Waals surface area contributed by atoms with Crippen LogP contribution in [-0.2, 0) is 0 Å². The van der Waals surface area contributed by atoms with E-state index in [-0.39, 0.29) is 0 Å². The highest BCUT2D eigenvalue weighted by Crippen LogP contribution is 2.06. The lowest BCUT2D eigenvalue weighted by molar-refractivity contribution is 0.111. The molecule has 0 aromatic carbocycles. The molecule has 0 saturated heterocycles. The standard InChI is InChI=1S/C7H5N3OS/c11-4-6-3-10(5-8-6)7-1-2-12-9-7/h1-5H. The summed E-state index contributed by atoms with van der Waals surface area (Å²) in [7, 11) is 0. The molecule has 0 aliphatic rings. The summed E-state index contributed by atoms with van der Waals surface area (Å²) in [5.74, 6) is 0.792. The van der Waals surface area contributed by atoms with Crippen LogP contribution in [0, 0.1) is 0 Å². The van der Waals surface area contributed by atoms with E-state index in [0.717, 1.165) is 5.82 Å². The van der Waals surface area contributed by atoms with Gasteiger partial charge in [-0.15, -0.1) is 0 Å². The molecule has 2 rings (SSSR count). The monoisotopic (exact) mass is 179 g/mol. The molecule has 0 spiro atoms. The zero-order valence-electron chi connectivity index (χ0n) is 6.04. The summed E-state index contributed by atoms with van der Waals surface area (Å²) in [6.45, 7) is 0. The Morgan fingerprint density at radius 1 is 1.58 bits per heavy atom. The third kappa shape index (κ3) is 1.14. The molecule has 0 unspecified atom stereocenters. The normalized spacial score (nSPS) is 10.0. The SMILES string of the molecule is O=Cc1cn(-c2ccsn2)cn1. The molecular weight excluding hydrogens is 174 g/mol. The number of hydrogen-bond acceptors (Lipinski definition) is 4. The summed E-state index contributed by atoms with van der Waals surface area (Å²) >= 11 is 1.36.